The van der Waals surface area contributed by atoms with Gasteiger partial charge < -0.3 is 24.8 Å². The number of benzene rings is 1. The molecule has 0 heterocycles. The molecule has 98 valence electrons. The lowest BCUT2D eigenvalue weighted by molar-refractivity contribution is -0.150. The number of phenols is 1. The molecule has 0 amide bonds. The normalized spacial score (nSPS) is 10.2. The molecule has 0 bridgehead atoms. The van der Waals surface area contributed by atoms with Crippen LogP contribution >= 0.6 is 0 Å². The Morgan fingerprint density at radius 3 is 1.72 bits per heavy atom. The smallest absolute Gasteiger partial charge is 0.322 e. The molecule has 0 fully saturated rings. The summed E-state index contributed by atoms with van der Waals surface area (Å²) in [5, 5.41) is 27.4. The van der Waals surface area contributed by atoms with E-state index in [-0.39, 0.29) is 22.8 Å². The molecule has 0 aliphatic rings. The largest absolute Gasteiger partial charge is 0.502 e. The van der Waals surface area contributed by atoms with Gasteiger partial charge in [0.25, 0.3) is 0 Å². The molecular weight excluding hydrogens is 244 g/mol. The second-order valence-electron chi connectivity index (χ2n) is 3.38. The molecule has 0 spiro atoms. The summed E-state index contributed by atoms with van der Waals surface area (Å²) in [6, 6.07) is 2.29. The summed E-state index contributed by atoms with van der Waals surface area (Å²) in [5.74, 6) is -5.23. The fraction of sp³-hybridized carbons (Fsp3) is 0.273. The number of carboxylic acids is 2. The molecule has 0 saturated carbocycles. The van der Waals surface area contributed by atoms with Gasteiger partial charge in [0, 0.05) is 0 Å². The van der Waals surface area contributed by atoms with Crippen molar-refractivity contribution < 1.29 is 34.4 Å². The molecule has 3 N–H and O–H groups in total. The van der Waals surface area contributed by atoms with Crippen molar-refractivity contribution in [2.75, 3.05) is 14.2 Å². The molecule has 0 unspecified atom stereocenters. The molecule has 0 atom stereocenters. The zero-order valence-electron chi connectivity index (χ0n) is 9.71. The number of hydrogen-bond acceptors (Lipinski definition) is 5. The van der Waals surface area contributed by atoms with Crippen LogP contribution in [0.2, 0.25) is 0 Å². The van der Waals surface area contributed by atoms with Crippen LogP contribution < -0.4 is 9.47 Å². The van der Waals surface area contributed by atoms with E-state index in [1.165, 1.54) is 14.2 Å². The van der Waals surface area contributed by atoms with Crippen LogP contribution in [0.5, 0.6) is 17.2 Å². The van der Waals surface area contributed by atoms with Gasteiger partial charge in [0.2, 0.25) is 5.75 Å². The van der Waals surface area contributed by atoms with Crippen molar-refractivity contribution in [3.05, 3.63) is 17.7 Å². The first kappa shape index (κ1) is 13.6. The SMILES string of the molecule is COc1cc(C(C(=O)O)C(=O)O)cc(OC)c1O. The van der Waals surface area contributed by atoms with E-state index in [1.807, 2.05) is 0 Å². The zero-order valence-corrected chi connectivity index (χ0v) is 9.71. The summed E-state index contributed by atoms with van der Waals surface area (Å²) in [6.45, 7) is 0. The second kappa shape index (κ2) is 5.26. The number of aliphatic carboxylic acids is 2. The molecule has 0 saturated heterocycles. The maximum absolute atomic E-state index is 10.9. The van der Waals surface area contributed by atoms with Crippen LogP contribution in [0.3, 0.4) is 0 Å². The van der Waals surface area contributed by atoms with E-state index >= 15 is 0 Å². The van der Waals surface area contributed by atoms with Crippen molar-refractivity contribution in [3.63, 3.8) is 0 Å². The van der Waals surface area contributed by atoms with Gasteiger partial charge in [-0.2, -0.15) is 0 Å². The van der Waals surface area contributed by atoms with E-state index in [9.17, 15) is 14.7 Å². The molecule has 7 heteroatoms. The molecule has 0 aliphatic carbocycles. The number of rotatable bonds is 5. The Hall–Kier alpha value is -2.44. The highest BCUT2D eigenvalue weighted by Gasteiger charge is 2.30. The maximum atomic E-state index is 10.9. The van der Waals surface area contributed by atoms with Crippen LogP contribution in [0.15, 0.2) is 12.1 Å². The topological polar surface area (TPSA) is 113 Å². The first-order chi connectivity index (χ1) is 8.42. The Balaban J connectivity index is 3.40. The van der Waals surface area contributed by atoms with E-state index in [0.717, 1.165) is 12.1 Å². The first-order valence-corrected chi connectivity index (χ1v) is 4.82. The number of hydrogen-bond donors (Lipinski definition) is 3. The highest BCUT2D eigenvalue weighted by atomic mass is 16.5. The van der Waals surface area contributed by atoms with Gasteiger partial charge in [0.05, 0.1) is 14.2 Å². The summed E-state index contributed by atoms with van der Waals surface area (Å²) >= 11 is 0. The predicted octanol–water partition coefficient (Wildman–Crippen LogP) is 0.662. The fourth-order valence-electron chi connectivity index (χ4n) is 1.47. The summed E-state index contributed by atoms with van der Waals surface area (Å²) in [7, 11) is 2.52. The van der Waals surface area contributed by atoms with Gasteiger partial charge in [-0.1, -0.05) is 0 Å². The Bertz CT molecular complexity index is 441. The number of aromatic hydroxyl groups is 1. The van der Waals surface area contributed by atoms with Crippen LogP contribution in [0.1, 0.15) is 11.5 Å². The molecule has 0 aliphatic heterocycles. The third kappa shape index (κ3) is 2.45. The van der Waals surface area contributed by atoms with E-state index in [2.05, 4.69) is 0 Å². The summed E-state index contributed by atoms with van der Waals surface area (Å²) in [5.41, 5.74) is -0.0542. The summed E-state index contributed by atoms with van der Waals surface area (Å²) in [4.78, 5) is 21.8. The summed E-state index contributed by atoms with van der Waals surface area (Å²) < 4.78 is 9.64. The summed E-state index contributed by atoms with van der Waals surface area (Å²) in [6.07, 6.45) is 0. The minimum atomic E-state index is -1.76. The van der Waals surface area contributed by atoms with Gasteiger partial charge in [0.1, 0.15) is 0 Å². The Morgan fingerprint density at radius 2 is 1.44 bits per heavy atom. The quantitative estimate of drug-likeness (QED) is 0.663. The van der Waals surface area contributed by atoms with Crippen LogP contribution in [-0.2, 0) is 9.59 Å². The fourth-order valence-corrected chi connectivity index (χ4v) is 1.47. The zero-order chi connectivity index (χ0) is 13.9. The monoisotopic (exact) mass is 256 g/mol. The molecule has 18 heavy (non-hydrogen) atoms. The minimum absolute atomic E-state index is 0.0542. The first-order valence-electron chi connectivity index (χ1n) is 4.82. The van der Waals surface area contributed by atoms with Crippen LogP contribution in [-0.4, -0.2) is 41.5 Å². The van der Waals surface area contributed by atoms with Crippen molar-refractivity contribution in [3.8, 4) is 17.2 Å². The third-order valence-electron chi connectivity index (χ3n) is 2.33. The Morgan fingerprint density at radius 1 is 1.06 bits per heavy atom. The van der Waals surface area contributed by atoms with E-state index in [4.69, 9.17) is 19.7 Å². The van der Waals surface area contributed by atoms with Crippen molar-refractivity contribution in [1.29, 1.82) is 0 Å². The molecule has 1 aromatic carbocycles. The van der Waals surface area contributed by atoms with Gasteiger partial charge in [-0.25, -0.2) is 0 Å². The molecule has 0 radical (unpaired) electrons. The molecular formula is C11H12O7. The average Bonchev–Trinajstić information content (AvgIpc) is 2.29. The van der Waals surface area contributed by atoms with Gasteiger partial charge in [0.15, 0.2) is 17.4 Å². The number of ether oxygens (including phenoxy) is 2. The molecule has 7 nitrogen and oxygen atoms in total. The van der Waals surface area contributed by atoms with Gasteiger partial charge in [-0.3, -0.25) is 9.59 Å². The molecule has 1 rings (SSSR count). The standard InChI is InChI=1S/C11H12O7/c1-17-6-3-5(4-7(18-2)9(6)12)8(10(13)14)11(15)16/h3-4,8,12H,1-2H3,(H,13,14)(H,15,16). The highest BCUT2D eigenvalue weighted by molar-refractivity contribution is 5.99. The minimum Gasteiger partial charge on any atom is -0.502 e. The van der Waals surface area contributed by atoms with Crippen molar-refractivity contribution in [2.45, 2.75) is 5.92 Å². The lowest BCUT2D eigenvalue weighted by Crippen LogP contribution is -2.21. The van der Waals surface area contributed by atoms with Crippen LogP contribution in [0.25, 0.3) is 0 Å². The molecule has 0 aromatic heterocycles. The van der Waals surface area contributed by atoms with Gasteiger partial charge in [-0.05, 0) is 17.7 Å². The van der Waals surface area contributed by atoms with E-state index in [1.54, 1.807) is 0 Å². The number of carboxylic acid groups (broad SMARTS) is 2. The third-order valence-corrected chi connectivity index (χ3v) is 2.33. The highest BCUT2D eigenvalue weighted by Crippen LogP contribution is 2.39. The number of carbonyl (C=O) groups is 2. The van der Waals surface area contributed by atoms with Crippen LogP contribution in [0.4, 0.5) is 0 Å². The van der Waals surface area contributed by atoms with Gasteiger partial charge >= 0.3 is 11.9 Å². The average molecular weight is 256 g/mol. The molecule has 1 aromatic rings. The second-order valence-corrected chi connectivity index (χ2v) is 3.38. The maximum Gasteiger partial charge on any atom is 0.322 e. The van der Waals surface area contributed by atoms with E-state index in [0.29, 0.717) is 0 Å². The van der Waals surface area contributed by atoms with Crippen molar-refractivity contribution in [2.24, 2.45) is 0 Å². The van der Waals surface area contributed by atoms with Gasteiger partial charge in [-0.15, -0.1) is 0 Å². The van der Waals surface area contributed by atoms with Crippen molar-refractivity contribution >= 4 is 11.9 Å². The number of methoxy groups -OCH3 is 2. The lowest BCUT2D eigenvalue weighted by atomic mass is 9.98. The number of phenolic OH excluding ortho intramolecular Hbond substituents is 1. The van der Waals surface area contributed by atoms with Crippen molar-refractivity contribution in [1.82, 2.24) is 0 Å². The van der Waals surface area contributed by atoms with Crippen LogP contribution in [0, 0.1) is 0 Å². The Kier molecular flexibility index (Phi) is 3.98. The lowest BCUT2D eigenvalue weighted by Gasteiger charge is -2.13. The van der Waals surface area contributed by atoms with E-state index < -0.39 is 17.9 Å². The Labute approximate surface area is 102 Å². The predicted molar refractivity (Wildman–Crippen MR) is 59.2 cm³/mol.